The second-order valence-electron chi connectivity index (χ2n) is 16.3. The van der Waals surface area contributed by atoms with E-state index in [0.29, 0.717) is 28.9 Å². The van der Waals surface area contributed by atoms with E-state index in [1.54, 1.807) is 0 Å². The molecule has 0 aliphatic heterocycles. The fourth-order valence-corrected chi connectivity index (χ4v) is 11.6. The number of carbonyl (C=O) groups excluding carboxylic acids is 3. The van der Waals surface area contributed by atoms with Gasteiger partial charge in [0, 0.05) is 13.3 Å². The van der Waals surface area contributed by atoms with E-state index >= 15 is 0 Å². The van der Waals surface area contributed by atoms with Crippen molar-refractivity contribution in [3.05, 3.63) is 29.9 Å². The molecule has 0 unspecified atom stereocenters. The quantitative estimate of drug-likeness (QED) is 0.266. The highest BCUT2D eigenvalue weighted by Gasteiger charge is 2.70. The van der Waals surface area contributed by atoms with Gasteiger partial charge < -0.3 is 10.2 Å². The van der Waals surface area contributed by atoms with Gasteiger partial charge in [-0.3, -0.25) is 9.59 Å². The number of nitrogens with one attached hydrogen (secondary N) is 1. The molecule has 6 rings (SSSR count). The summed E-state index contributed by atoms with van der Waals surface area (Å²) < 4.78 is 0. The van der Waals surface area contributed by atoms with Crippen LogP contribution in [-0.4, -0.2) is 32.9 Å². The summed E-state index contributed by atoms with van der Waals surface area (Å²) in [4.78, 5) is 48.7. The second-order valence-corrected chi connectivity index (χ2v) is 16.3. The zero-order valence-corrected chi connectivity index (χ0v) is 28.1. The normalized spacial score (nSPS) is 38.8. The van der Waals surface area contributed by atoms with E-state index < -0.39 is 11.4 Å². The number of rotatable bonds is 3. The molecule has 0 aromatic carbocycles. The molecular weight excluding hydrogens is 554 g/mol. The van der Waals surface area contributed by atoms with Gasteiger partial charge in [0.05, 0.1) is 18.1 Å². The van der Waals surface area contributed by atoms with Gasteiger partial charge in [0.1, 0.15) is 11.7 Å². The van der Waals surface area contributed by atoms with Crippen molar-refractivity contribution in [1.82, 2.24) is 9.97 Å². The summed E-state index contributed by atoms with van der Waals surface area (Å²) in [5.41, 5.74) is 2.59. The van der Waals surface area contributed by atoms with Gasteiger partial charge in [-0.1, -0.05) is 54.9 Å². The highest BCUT2D eigenvalue weighted by Crippen LogP contribution is 2.76. The third-order valence-electron chi connectivity index (χ3n) is 13.5. The second kappa shape index (κ2) is 11.3. The molecule has 7 atom stereocenters. The monoisotopic (exact) mass is 607 g/mol. The highest BCUT2D eigenvalue weighted by atomic mass is 17.1. The summed E-state index contributed by atoms with van der Waals surface area (Å²) in [6.07, 6.45) is 14.9. The van der Waals surface area contributed by atoms with Crippen molar-refractivity contribution in [2.75, 3.05) is 5.32 Å². The molecule has 4 fully saturated rings. The minimum absolute atomic E-state index is 0.0464. The number of ketones is 1. The molecule has 8 heteroatoms. The standard InChI is InChI=1S/C30H46O4.C6H7N3O/c1-18(2)23-20(31)17-30(25(32)34-33)16-15-28(6)19(24(23)30)9-10-22-27(5)13-8-12-26(3,4)21(27)11-14-29(22,28)7;1-5(10)9-6-2-7-4-8-3-6/h18-19,21-22,33H,8-17H2,1-7H3;2-4H,1H3,(H,9,10)/t19-,21+,22-,27+,28-,29-,30-;/m1./s1. The number of hydrogen-bond acceptors (Lipinski definition) is 7. The first-order valence-electron chi connectivity index (χ1n) is 16.7. The van der Waals surface area contributed by atoms with E-state index in [1.165, 1.54) is 64.2 Å². The van der Waals surface area contributed by atoms with Gasteiger partial charge in [-0.2, -0.15) is 5.26 Å². The molecule has 1 aromatic heterocycles. The predicted molar refractivity (Wildman–Crippen MR) is 169 cm³/mol. The van der Waals surface area contributed by atoms with Gasteiger partial charge in [-0.05, 0) is 108 Å². The number of aromatic nitrogens is 2. The summed E-state index contributed by atoms with van der Waals surface area (Å²) in [6.45, 7) is 18.3. The van der Waals surface area contributed by atoms with Crippen LogP contribution in [0.15, 0.2) is 29.9 Å². The first kappa shape index (κ1) is 32.8. The fraction of sp³-hybridized carbons (Fsp3) is 0.750. The zero-order valence-electron chi connectivity index (χ0n) is 28.1. The van der Waals surface area contributed by atoms with E-state index in [9.17, 15) is 19.6 Å². The summed E-state index contributed by atoms with van der Waals surface area (Å²) >= 11 is 0. The molecule has 242 valence electrons. The maximum atomic E-state index is 13.3. The fourth-order valence-electron chi connectivity index (χ4n) is 11.6. The van der Waals surface area contributed by atoms with Crippen LogP contribution in [0.3, 0.4) is 0 Å². The molecule has 8 nitrogen and oxygen atoms in total. The number of anilines is 1. The topological polar surface area (TPSA) is 118 Å². The molecule has 5 aliphatic carbocycles. The third kappa shape index (κ3) is 4.85. The molecule has 0 saturated heterocycles. The van der Waals surface area contributed by atoms with Crippen molar-refractivity contribution in [2.45, 2.75) is 120 Å². The van der Waals surface area contributed by atoms with E-state index in [1.807, 2.05) is 0 Å². The summed E-state index contributed by atoms with van der Waals surface area (Å²) in [5, 5.41) is 12.0. The van der Waals surface area contributed by atoms with Crippen molar-refractivity contribution < 1.29 is 24.5 Å². The molecule has 1 aromatic rings. The Morgan fingerprint density at radius 3 is 2.23 bits per heavy atom. The summed E-state index contributed by atoms with van der Waals surface area (Å²) in [5.74, 6) is 1.12. The highest BCUT2D eigenvalue weighted by molar-refractivity contribution is 6.05. The van der Waals surface area contributed by atoms with E-state index in [-0.39, 0.29) is 40.8 Å². The van der Waals surface area contributed by atoms with Crippen molar-refractivity contribution >= 4 is 23.3 Å². The maximum absolute atomic E-state index is 13.3. The Morgan fingerprint density at radius 1 is 0.932 bits per heavy atom. The van der Waals surface area contributed by atoms with Crippen LogP contribution in [0, 0.1) is 50.7 Å². The Hall–Kier alpha value is -2.61. The molecule has 2 N–H and O–H groups in total. The molecule has 44 heavy (non-hydrogen) atoms. The van der Waals surface area contributed by atoms with Gasteiger partial charge in [0.2, 0.25) is 5.91 Å². The minimum atomic E-state index is -0.952. The van der Waals surface area contributed by atoms with E-state index in [4.69, 9.17) is 0 Å². The summed E-state index contributed by atoms with van der Waals surface area (Å²) in [7, 11) is 0. The number of Topliss-reactive ketones (excluding diaryl/α,β-unsaturated/α-hetero) is 1. The van der Waals surface area contributed by atoms with E-state index in [2.05, 4.69) is 68.6 Å². The van der Waals surface area contributed by atoms with Crippen molar-refractivity contribution in [2.24, 2.45) is 50.7 Å². The minimum Gasteiger partial charge on any atom is -0.324 e. The number of nitrogens with zero attached hydrogens (tertiary/aromatic N) is 2. The summed E-state index contributed by atoms with van der Waals surface area (Å²) in [6, 6.07) is 0. The Bertz CT molecular complexity index is 1340. The molecule has 0 radical (unpaired) electrons. The molecule has 0 spiro atoms. The SMILES string of the molecule is CC(=O)Nc1cncnc1.CC(C)C1=C2[C@H]3CC[C@@H]4[C@@]5(C)CCCC(C)(C)[C@@H]5CC[C@@]4(C)[C@]3(C)CC[C@@]2(C(=O)OO)CC1=O. The van der Waals surface area contributed by atoms with Crippen LogP contribution in [0.4, 0.5) is 5.69 Å². The smallest absolute Gasteiger partial charge is 0.324 e. The van der Waals surface area contributed by atoms with Crippen molar-refractivity contribution in [3.63, 3.8) is 0 Å². The maximum Gasteiger partial charge on any atom is 0.352 e. The lowest BCUT2D eigenvalue weighted by molar-refractivity contribution is -0.250. The number of fused-ring (bicyclic) bond motifs is 7. The van der Waals surface area contributed by atoms with Crippen LogP contribution in [0.1, 0.15) is 120 Å². The van der Waals surface area contributed by atoms with Crippen LogP contribution in [-0.2, 0) is 19.3 Å². The van der Waals surface area contributed by atoms with Gasteiger partial charge in [0.15, 0.2) is 5.78 Å². The Balaban J connectivity index is 0.000000328. The first-order valence-corrected chi connectivity index (χ1v) is 16.7. The lowest BCUT2D eigenvalue weighted by Crippen LogP contribution is -2.64. The van der Waals surface area contributed by atoms with Gasteiger partial charge in [0.25, 0.3) is 0 Å². The van der Waals surface area contributed by atoms with Crippen molar-refractivity contribution in [1.29, 1.82) is 0 Å². The van der Waals surface area contributed by atoms with Crippen LogP contribution >= 0.6 is 0 Å². The lowest BCUT2D eigenvalue weighted by Gasteiger charge is -2.71. The third-order valence-corrected chi connectivity index (χ3v) is 13.5. The average molecular weight is 608 g/mol. The van der Waals surface area contributed by atoms with E-state index in [0.717, 1.165) is 29.9 Å². The number of hydrogen-bond donors (Lipinski definition) is 2. The largest absolute Gasteiger partial charge is 0.352 e. The van der Waals surface area contributed by atoms with Crippen molar-refractivity contribution in [3.8, 4) is 0 Å². The molecule has 5 aliphatic rings. The lowest BCUT2D eigenvalue weighted by atomic mass is 9.33. The number of allylic oxidation sites excluding steroid dienone is 1. The molecular formula is C36H53N3O5. The van der Waals surface area contributed by atoms with Crippen LogP contribution in [0.5, 0.6) is 0 Å². The average Bonchev–Trinajstić information content (AvgIpc) is 3.26. The van der Waals surface area contributed by atoms with Crippen LogP contribution in [0.2, 0.25) is 0 Å². The molecule has 0 bridgehead atoms. The number of amides is 1. The van der Waals surface area contributed by atoms with Gasteiger partial charge >= 0.3 is 5.97 Å². The number of carbonyl (C=O) groups is 3. The van der Waals surface area contributed by atoms with Crippen LogP contribution in [0.25, 0.3) is 0 Å². The zero-order chi connectivity index (χ0) is 32.3. The Morgan fingerprint density at radius 2 is 1.61 bits per heavy atom. The van der Waals surface area contributed by atoms with Gasteiger partial charge in [-0.15, -0.1) is 0 Å². The molecule has 4 saturated carbocycles. The predicted octanol–water partition coefficient (Wildman–Crippen LogP) is 7.81. The molecule has 1 amide bonds. The van der Waals surface area contributed by atoms with Gasteiger partial charge in [-0.25, -0.2) is 14.8 Å². The Kier molecular flexibility index (Phi) is 8.44. The molecule has 1 heterocycles. The first-order chi connectivity index (χ1) is 20.6. The van der Waals surface area contributed by atoms with Crippen LogP contribution < -0.4 is 5.32 Å². The Labute approximate surface area is 263 Å².